The molecular formula is C19H20N4OS. The molecule has 1 aliphatic heterocycles. The van der Waals surface area contributed by atoms with Crippen molar-refractivity contribution in [3.63, 3.8) is 0 Å². The van der Waals surface area contributed by atoms with Crippen molar-refractivity contribution in [2.45, 2.75) is 12.5 Å². The third-order valence-corrected chi connectivity index (χ3v) is 5.37. The largest absolute Gasteiger partial charge is 0.338 e. The average Bonchev–Trinajstić information content (AvgIpc) is 3.07. The third-order valence-electron chi connectivity index (χ3n) is 4.24. The predicted octanol–water partition coefficient (Wildman–Crippen LogP) is 3.26. The first kappa shape index (κ1) is 16.2. The third kappa shape index (κ3) is 3.86. The molecule has 6 heteroatoms. The Morgan fingerprint density at radius 3 is 3.00 bits per heavy atom. The first-order chi connectivity index (χ1) is 12.3. The van der Waals surface area contributed by atoms with Crippen LogP contribution in [0.1, 0.15) is 6.42 Å². The van der Waals surface area contributed by atoms with Crippen molar-refractivity contribution in [2.24, 2.45) is 0 Å². The van der Waals surface area contributed by atoms with Gasteiger partial charge in [-0.15, -0.1) is 0 Å². The summed E-state index contributed by atoms with van der Waals surface area (Å²) in [5, 5.41) is 6.39. The summed E-state index contributed by atoms with van der Waals surface area (Å²) in [5.41, 5.74) is 3.70. The Balaban J connectivity index is 1.48. The maximum Gasteiger partial charge on any atom is 0.225 e. The van der Waals surface area contributed by atoms with E-state index in [4.69, 9.17) is 0 Å². The lowest BCUT2D eigenvalue weighted by Crippen LogP contribution is -2.39. The summed E-state index contributed by atoms with van der Waals surface area (Å²) in [6.07, 6.45) is 0.502. The van der Waals surface area contributed by atoms with Gasteiger partial charge in [0.1, 0.15) is 5.82 Å². The van der Waals surface area contributed by atoms with Crippen LogP contribution >= 0.6 is 11.8 Å². The van der Waals surface area contributed by atoms with E-state index in [-0.39, 0.29) is 11.9 Å². The van der Waals surface area contributed by atoms with Gasteiger partial charge in [-0.1, -0.05) is 24.3 Å². The zero-order chi connectivity index (χ0) is 17.1. The van der Waals surface area contributed by atoms with Crippen LogP contribution in [0.5, 0.6) is 0 Å². The molecule has 1 aromatic heterocycles. The number of carbonyl (C=O) groups is 1. The number of anilines is 1. The van der Waals surface area contributed by atoms with Crippen LogP contribution in [0, 0.1) is 0 Å². The summed E-state index contributed by atoms with van der Waals surface area (Å²) in [6, 6.07) is 16.0. The number of rotatable bonds is 4. The van der Waals surface area contributed by atoms with Gasteiger partial charge < -0.3 is 15.6 Å². The summed E-state index contributed by atoms with van der Waals surface area (Å²) in [5.74, 6) is 2.97. The van der Waals surface area contributed by atoms with E-state index in [0.717, 1.165) is 46.2 Å². The van der Waals surface area contributed by atoms with Crippen LogP contribution in [-0.4, -0.2) is 40.0 Å². The molecule has 1 amide bonds. The van der Waals surface area contributed by atoms with Crippen molar-refractivity contribution < 1.29 is 4.79 Å². The first-order valence-corrected chi connectivity index (χ1v) is 9.59. The Bertz CT molecular complexity index is 853. The molecule has 1 fully saturated rings. The molecule has 1 unspecified atom stereocenters. The zero-order valence-corrected chi connectivity index (χ0v) is 14.6. The Morgan fingerprint density at radius 1 is 1.24 bits per heavy atom. The van der Waals surface area contributed by atoms with E-state index >= 15 is 0 Å². The molecule has 25 heavy (non-hydrogen) atoms. The number of amides is 1. The van der Waals surface area contributed by atoms with E-state index in [1.165, 1.54) is 0 Å². The molecular weight excluding hydrogens is 332 g/mol. The highest BCUT2D eigenvalue weighted by molar-refractivity contribution is 7.99. The van der Waals surface area contributed by atoms with Gasteiger partial charge in [-0.2, -0.15) is 11.8 Å². The lowest BCUT2D eigenvalue weighted by molar-refractivity contribution is -0.116. The number of imidazole rings is 1. The SMILES string of the molecule is O=C(CC1CSCCN1)Nc1cccc(-c2nc3ccccc3[nH]2)c1. The second kappa shape index (κ2) is 7.29. The number of aromatic amines is 1. The highest BCUT2D eigenvalue weighted by Gasteiger charge is 2.17. The topological polar surface area (TPSA) is 69.8 Å². The van der Waals surface area contributed by atoms with Gasteiger partial charge >= 0.3 is 0 Å². The number of nitrogens with zero attached hydrogens (tertiary/aromatic N) is 1. The number of aromatic nitrogens is 2. The molecule has 3 N–H and O–H groups in total. The van der Waals surface area contributed by atoms with Crippen LogP contribution in [0.2, 0.25) is 0 Å². The Morgan fingerprint density at radius 2 is 2.16 bits per heavy atom. The van der Waals surface area contributed by atoms with E-state index < -0.39 is 0 Å². The lowest BCUT2D eigenvalue weighted by atomic mass is 10.1. The number of carbonyl (C=O) groups excluding carboxylic acids is 1. The second-order valence-electron chi connectivity index (χ2n) is 6.16. The number of hydrogen-bond donors (Lipinski definition) is 3. The van der Waals surface area contributed by atoms with Gasteiger partial charge in [-0.3, -0.25) is 4.79 Å². The molecule has 1 atom stereocenters. The fourth-order valence-corrected chi connectivity index (χ4v) is 3.97. The van der Waals surface area contributed by atoms with Crippen molar-refractivity contribution in [1.82, 2.24) is 15.3 Å². The summed E-state index contributed by atoms with van der Waals surface area (Å²) < 4.78 is 0. The number of hydrogen-bond acceptors (Lipinski definition) is 4. The minimum atomic E-state index is 0.0433. The summed E-state index contributed by atoms with van der Waals surface area (Å²) >= 11 is 1.90. The van der Waals surface area contributed by atoms with Crippen molar-refractivity contribution in [1.29, 1.82) is 0 Å². The summed E-state index contributed by atoms with van der Waals surface area (Å²) in [7, 11) is 0. The number of H-pyrrole nitrogens is 1. The van der Waals surface area contributed by atoms with Gasteiger partial charge in [0.2, 0.25) is 5.91 Å². The van der Waals surface area contributed by atoms with Crippen LogP contribution in [0.15, 0.2) is 48.5 Å². The Labute approximate surface area is 150 Å². The van der Waals surface area contributed by atoms with Crippen molar-refractivity contribution in [2.75, 3.05) is 23.4 Å². The summed E-state index contributed by atoms with van der Waals surface area (Å²) in [6.45, 7) is 0.976. The molecule has 3 aromatic rings. The minimum absolute atomic E-state index is 0.0433. The normalized spacial score (nSPS) is 17.5. The maximum absolute atomic E-state index is 12.3. The molecule has 1 saturated heterocycles. The number of para-hydroxylation sites is 2. The molecule has 2 heterocycles. The minimum Gasteiger partial charge on any atom is -0.338 e. The van der Waals surface area contributed by atoms with Gasteiger partial charge in [0.15, 0.2) is 0 Å². The van der Waals surface area contributed by atoms with Crippen LogP contribution < -0.4 is 10.6 Å². The lowest BCUT2D eigenvalue weighted by Gasteiger charge is -2.22. The van der Waals surface area contributed by atoms with Crippen LogP contribution in [-0.2, 0) is 4.79 Å². The van der Waals surface area contributed by atoms with Gasteiger partial charge in [-0.05, 0) is 24.3 Å². The zero-order valence-electron chi connectivity index (χ0n) is 13.8. The molecule has 0 spiro atoms. The van der Waals surface area contributed by atoms with Gasteiger partial charge in [0.25, 0.3) is 0 Å². The molecule has 0 aliphatic carbocycles. The van der Waals surface area contributed by atoms with E-state index in [1.807, 2.05) is 60.3 Å². The molecule has 128 valence electrons. The smallest absolute Gasteiger partial charge is 0.225 e. The molecule has 0 saturated carbocycles. The number of thioether (sulfide) groups is 1. The second-order valence-corrected chi connectivity index (χ2v) is 7.31. The van der Waals surface area contributed by atoms with Gasteiger partial charge in [-0.25, -0.2) is 4.98 Å². The monoisotopic (exact) mass is 352 g/mol. The fraction of sp³-hybridized carbons (Fsp3) is 0.263. The van der Waals surface area contributed by atoms with Crippen molar-refractivity contribution >= 4 is 34.4 Å². The number of fused-ring (bicyclic) bond motifs is 1. The molecule has 2 aromatic carbocycles. The Kier molecular flexibility index (Phi) is 4.72. The van der Waals surface area contributed by atoms with Crippen LogP contribution in [0.4, 0.5) is 5.69 Å². The van der Waals surface area contributed by atoms with Crippen LogP contribution in [0.25, 0.3) is 22.4 Å². The van der Waals surface area contributed by atoms with Crippen LogP contribution in [0.3, 0.4) is 0 Å². The number of benzene rings is 2. The predicted molar refractivity (Wildman–Crippen MR) is 104 cm³/mol. The van der Waals surface area contributed by atoms with E-state index in [9.17, 15) is 4.79 Å². The van der Waals surface area contributed by atoms with Gasteiger partial charge in [0, 0.05) is 41.8 Å². The maximum atomic E-state index is 12.3. The Hall–Kier alpha value is -2.31. The van der Waals surface area contributed by atoms with Crippen molar-refractivity contribution in [3.05, 3.63) is 48.5 Å². The average molecular weight is 352 g/mol. The molecule has 0 radical (unpaired) electrons. The van der Waals surface area contributed by atoms with Crippen molar-refractivity contribution in [3.8, 4) is 11.4 Å². The fourth-order valence-electron chi connectivity index (χ4n) is 3.02. The van der Waals surface area contributed by atoms with E-state index in [2.05, 4.69) is 20.6 Å². The molecule has 1 aliphatic rings. The van der Waals surface area contributed by atoms with E-state index in [0.29, 0.717) is 6.42 Å². The molecule has 5 nitrogen and oxygen atoms in total. The number of nitrogens with one attached hydrogen (secondary N) is 3. The highest BCUT2D eigenvalue weighted by Crippen LogP contribution is 2.23. The first-order valence-electron chi connectivity index (χ1n) is 8.44. The molecule has 0 bridgehead atoms. The molecule has 4 rings (SSSR count). The standard InChI is InChI=1S/C19H20N4OS/c24-18(11-15-12-25-9-8-20-15)21-14-5-3-4-13(10-14)19-22-16-6-1-2-7-17(16)23-19/h1-7,10,15,20H,8-9,11-12H2,(H,21,24)(H,22,23). The van der Waals surface area contributed by atoms with Gasteiger partial charge in [0.05, 0.1) is 11.0 Å². The summed E-state index contributed by atoms with van der Waals surface area (Å²) in [4.78, 5) is 20.2. The quantitative estimate of drug-likeness (QED) is 0.674. The highest BCUT2D eigenvalue weighted by atomic mass is 32.2. The van der Waals surface area contributed by atoms with E-state index in [1.54, 1.807) is 0 Å².